The highest BCUT2D eigenvalue weighted by atomic mass is 79.9. The number of halogens is 1. The Morgan fingerprint density at radius 2 is 1.78 bits per heavy atom. The Morgan fingerprint density at radius 3 is 2.37 bits per heavy atom. The molecular weight excluding hydrogens is 412 g/mol. The predicted octanol–water partition coefficient (Wildman–Crippen LogP) is 3.79. The van der Waals surface area contributed by atoms with Crippen LogP contribution >= 0.6 is 15.9 Å². The van der Waals surface area contributed by atoms with Crippen molar-refractivity contribution >= 4 is 33.6 Å². The number of hydrogen-bond acceptors (Lipinski definition) is 4. The van der Waals surface area contributed by atoms with E-state index < -0.39 is 12.0 Å². The van der Waals surface area contributed by atoms with Crippen LogP contribution in [0.15, 0.2) is 58.6 Å². The van der Waals surface area contributed by atoms with Gasteiger partial charge in [0.15, 0.2) is 0 Å². The lowest BCUT2D eigenvalue weighted by atomic mass is 9.92. The molecule has 2 aromatic rings. The minimum atomic E-state index is -0.622. The highest BCUT2D eigenvalue weighted by molar-refractivity contribution is 9.10. The molecule has 27 heavy (non-hydrogen) atoms. The summed E-state index contributed by atoms with van der Waals surface area (Å²) in [7, 11) is 1.58. The largest absolute Gasteiger partial charge is 0.497 e. The number of methoxy groups -OCH3 is 1. The Hall–Kier alpha value is -2.80. The van der Waals surface area contributed by atoms with Gasteiger partial charge >= 0.3 is 12.0 Å². The molecule has 0 saturated heterocycles. The zero-order valence-electron chi connectivity index (χ0n) is 14.9. The van der Waals surface area contributed by atoms with E-state index in [0.29, 0.717) is 22.6 Å². The van der Waals surface area contributed by atoms with E-state index in [1.54, 1.807) is 38.3 Å². The van der Waals surface area contributed by atoms with E-state index in [9.17, 15) is 9.59 Å². The standard InChI is InChI=1S/C20H19BrN2O4/c1-3-27-19(24)16-17(12-4-8-14(21)9-5-12)22-20(25)23-18(16)13-6-10-15(26-2)11-7-13/h4-11,17H,3H2,1-2H3,(H2,22,23,25)/t17-/m0/s1. The Balaban J connectivity index is 2.14. The number of carbonyl (C=O) groups excluding carboxylic acids is 2. The molecule has 2 N–H and O–H groups in total. The van der Waals surface area contributed by atoms with Gasteiger partial charge in [-0.15, -0.1) is 0 Å². The average molecular weight is 431 g/mol. The van der Waals surface area contributed by atoms with Crippen LogP contribution in [0.4, 0.5) is 4.79 Å². The van der Waals surface area contributed by atoms with Crippen molar-refractivity contribution in [3.05, 3.63) is 69.7 Å². The van der Waals surface area contributed by atoms with Gasteiger partial charge in [-0.3, -0.25) is 0 Å². The molecule has 0 bridgehead atoms. The molecule has 0 aromatic heterocycles. The van der Waals surface area contributed by atoms with Gasteiger partial charge in [-0.05, 0) is 54.4 Å². The van der Waals surface area contributed by atoms with E-state index in [0.717, 1.165) is 10.0 Å². The third kappa shape index (κ3) is 4.14. The zero-order chi connectivity index (χ0) is 19.4. The predicted molar refractivity (Wildman–Crippen MR) is 105 cm³/mol. The maximum absolute atomic E-state index is 12.8. The molecule has 0 radical (unpaired) electrons. The second-order valence-electron chi connectivity index (χ2n) is 5.82. The molecule has 1 aliphatic rings. The maximum Gasteiger partial charge on any atom is 0.338 e. The van der Waals surface area contributed by atoms with Gasteiger partial charge in [0.05, 0.1) is 31.0 Å². The normalized spacial score (nSPS) is 16.4. The van der Waals surface area contributed by atoms with Crippen LogP contribution in [-0.4, -0.2) is 25.7 Å². The third-order valence-electron chi connectivity index (χ3n) is 4.15. The third-order valence-corrected chi connectivity index (χ3v) is 4.68. The minimum Gasteiger partial charge on any atom is -0.497 e. The molecule has 2 amide bonds. The fourth-order valence-electron chi connectivity index (χ4n) is 2.88. The van der Waals surface area contributed by atoms with Crippen LogP contribution in [0.5, 0.6) is 5.75 Å². The average Bonchev–Trinajstić information content (AvgIpc) is 2.68. The van der Waals surface area contributed by atoms with Gasteiger partial charge in [0.2, 0.25) is 0 Å². The molecule has 1 heterocycles. The van der Waals surface area contributed by atoms with E-state index in [1.807, 2.05) is 24.3 Å². The van der Waals surface area contributed by atoms with Crippen molar-refractivity contribution < 1.29 is 19.1 Å². The fourth-order valence-corrected chi connectivity index (χ4v) is 3.15. The van der Waals surface area contributed by atoms with Crippen LogP contribution in [0.25, 0.3) is 5.70 Å². The van der Waals surface area contributed by atoms with Crippen LogP contribution in [0, 0.1) is 0 Å². The summed E-state index contributed by atoms with van der Waals surface area (Å²) < 4.78 is 11.4. The van der Waals surface area contributed by atoms with Crippen molar-refractivity contribution in [1.29, 1.82) is 0 Å². The van der Waals surface area contributed by atoms with Gasteiger partial charge in [0, 0.05) is 4.47 Å². The lowest BCUT2D eigenvalue weighted by Gasteiger charge is -2.29. The summed E-state index contributed by atoms with van der Waals surface area (Å²) >= 11 is 3.40. The van der Waals surface area contributed by atoms with E-state index in [-0.39, 0.29) is 12.6 Å². The molecule has 140 valence electrons. The summed E-state index contributed by atoms with van der Waals surface area (Å²) in [6.07, 6.45) is 0. The van der Waals surface area contributed by atoms with Crippen molar-refractivity contribution in [2.45, 2.75) is 13.0 Å². The van der Waals surface area contributed by atoms with Crippen molar-refractivity contribution in [2.75, 3.05) is 13.7 Å². The first-order valence-corrected chi connectivity index (χ1v) is 9.21. The van der Waals surface area contributed by atoms with Gasteiger partial charge in [-0.2, -0.15) is 0 Å². The molecule has 2 aromatic carbocycles. The van der Waals surface area contributed by atoms with E-state index in [1.165, 1.54) is 0 Å². The number of carbonyl (C=O) groups is 2. The molecule has 3 rings (SSSR count). The SMILES string of the molecule is CCOC(=O)C1=C(c2ccc(OC)cc2)NC(=O)N[C@H]1c1ccc(Br)cc1. The van der Waals surface area contributed by atoms with Gasteiger partial charge in [0.1, 0.15) is 5.75 Å². The maximum atomic E-state index is 12.8. The van der Waals surface area contributed by atoms with Crippen molar-refractivity contribution in [3.63, 3.8) is 0 Å². The summed E-state index contributed by atoms with van der Waals surface area (Å²) in [4.78, 5) is 25.1. The van der Waals surface area contributed by atoms with Gasteiger partial charge in [-0.25, -0.2) is 9.59 Å². The molecule has 0 fully saturated rings. The van der Waals surface area contributed by atoms with Gasteiger partial charge < -0.3 is 20.1 Å². The number of hydrogen-bond donors (Lipinski definition) is 2. The van der Waals surface area contributed by atoms with Crippen molar-refractivity contribution in [2.24, 2.45) is 0 Å². The smallest absolute Gasteiger partial charge is 0.338 e. The molecular formula is C20H19BrN2O4. The number of nitrogens with one attached hydrogen (secondary N) is 2. The Kier molecular flexibility index (Phi) is 5.81. The van der Waals surface area contributed by atoms with Gasteiger partial charge in [0.25, 0.3) is 0 Å². The fraction of sp³-hybridized carbons (Fsp3) is 0.200. The molecule has 0 aliphatic carbocycles. The first kappa shape index (κ1) is 19.0. The van der Waals surface area contributed by atoms with Crippen LogP contribution in [0.1, 0.15) is 24.1 Å². The van der Waals surface area contributed by atoms with E-state index in [4.69, 9.17) is 9.47 Å². The summed E-state index contributed by atoms with van der Waals surface area (Å²) in [6.45, 7) is 1.98. The van der Waals surface area contributed by atoms with Crippen LogP contribution in [-0.2, 0) is 9.53 Å². The lowest BCUT2D eigenvalue weighted by Crippen LogP contribution is -2.45. The highest BCUT2D eigenvalue weighted by Crippen LogP contribution is 2.33. The molecule has 0 spiro atoms. The summed E-state index contributed by atoms with van der Waals surface area (Å²) in [6, 6.07) is 13.5. The van der Waals surface area contributed by atoms with Crippen LogP contribution in [0.3, 0.4) is 0 Å². The molecule has 0 unspecified atom stereocenters. The van der Waals surface area contributed by atoms with E-state index in [2.05, 4.69) is 26.6 Å². The van der Waals surface area contributed by atoms with Crippen LogP contribution in [0.2, 0.25) is 0 Å². The molecule has 1 aliphatic heterocycles. The number of benzene rings is 2. The second-order valence-corrected chi connectivity index (χ2v) is 6.74. The summed E-state index contributed by atoms with van der Waals surface area (Å²) in [5, 5.41) is 5.56. The Labute approximate surface area is 165 Å². The lowest BCUT2D eigenvalue weighted by molar-refractivity contribution is -0.138. The van der Waals surface area contributed by atoms with Gasteiger partial charge in [-0.1, -0.05) is 28.1 Å². The number of ether oxygens (including phenoxy) is 2. The second kappa shape index (κ2) is 8.26. The number of esters is 1. The number of amides is 2. The first-order valence-electron chi connectivity index (χ1n) is 8.42. The number of urea groups is 1. The quantitative estimate of drug-likeness (QED) is 0.707. The monoisotopic (exact) mass is 430 g/mol. The Bertz CT molecular complexity index is 876. The Morgan fingerprint density at radius 1 is 1.11 bits per heavy atom. The first-order chi connectivity index (χ1) is 13.0. The van der Waals surface area contributed by atoms with Crippen molar-refractivity contribution in [1.82, 2.24) is 10.6 Å². The van der Waals surface area contributed by atoms with Crippen molar-refractivity contribution in [3.8, 4) is 5.75 Å². The number of rotatable bonds is 5. The molecule has 6 nitrogen and oxygen atoms in total. The molecule has 0 saturated carbocycles. The van der Waals surface area contributed by atoms with Crippen LogP contribution < -0.4 is 15.4 Å². The summed E-state index contributed by atoms with van der Waals surface area (Å²) in [5.74, 6) is 0.200. The highest BCUT2D eigenvalue weighted by Gasteiger charge is 2.34. The molecule has 1 atom stereocenters. The molecule has 7 heteroatoms. The topological polar surface area (TPSA) is 76.7 Å². The summed E-state index contributed by atoms with van der Waals surface area (Å²) in [5.41, 5.74) is 2.25. The zero-order valence-corrected chi connectivity index (χ0v) is 16.5. The van der Waals surface area contributed by atoms with E-state index >= 15 is 0 Å². The minimum absolute atomic E-state index is 0.235.